The molecule has 0 radical (unpaired) electrons. The molecular formula is C25H24Cl2N2O6. The zero-order valence-corrected chi connectivity index (χ0v) is 20.8. The summed E-state index contributed by atoms with van der Waals surface area (Å²) in [6, 6.07) is 10.2. The summed E-state index contributed by atoms with van der Waals surface area (Å²) in [6.07, 6.45) is -0.0499. The van der Waals surface area contributed by atoms with Gasteiger partial charge in [-0.15, -0.1) is 0 Å². The summed E-state index contributed by atoms with van der Waals surface area (Å²) in [5.41, 5.74) is -1.25. The van der Waals surface area contributed by atoms with Crippen molar-refractivity contribution in [3.8, 4) is 0 Å². The van der Waals surface area contributed by atoms with Gasteiger partial charge in [-0.05, 0) is 31.5 Å². The van der Waals surface area contributed by atoms with Gasteiger partial charge in [-0.1, -0.05) is 53.5 Å². The first kappa shape index (κ1) is 25.0. The lowest BCUT2D eigenvalue weighted by Crippen LogP contribution is -2.70. The molecule has 0 aliphatic carbocycles. The van der Waals surface area contributed by atoms with Crippen LogP contribution in [-0.2, 0) is 30.4 Å². The molecule has 2 aromatic carbocycles. The summed E-state index contributed by atoms with van der Waals surface area (Å²) in [4.78, 5) is 57.5. The number of halogens is 2. The van der Waals surface area contributed by atoms with Crippen LogP contribution in [0.15, 0.2) is 42.5 Å². The van der Waals surface area contributed by atoms with Crippen LogP contribution in [0.3, 0.4) is 0 Å². The van der Waals surface area contributed by atoms with E-state index in [1.807, 2.05) is 6.07 Å². The Morgan fingerprint density at radius 3 is 2.40 bits per heavy atom. The number of Topliss-reactive ketones (excluding diaryl/α,β-unsaturated/α-hetero) is 1. The maximum absolute atomic E-state index is 14.1. The van der Waals surface area contributed by atoms with Crippen LogP contribution in [0, 0.1) is 0 Å². The second-order valence-electron chi connectivity index (χ2n) is 8.17. The minimum Gasteiger partial charge on any atom is -0.464 e. The first-order chi connectivity index (χ1) is 16.8. The predicted molar refractivity (Wildman–Crippen MR) is 130 cm³/mol. The molecule has 2 unspecified atom stereocenters. The monoisotopic (exact) mass is 518 g/mol. The third-order valence-corrected chi connectivity index (χ3v) is 6.73. The quantitative estimate of drug-likeness (QED) is 0.425. The molecule has 2 heterocycles. The molecule has 0 spiro atoms. The van der Waals surface area contributed by atoms with Crippen molar-refractivity contribution < 1.29 is 28.7 Å². The number of carbonyl (C=O) groups excluding carboxylic acids is 4. The van der Waals surface area contributed by atoms with Crippen LogP contribution >= 0.6 is 23.2 Å². The fourth-order valence-electron chi connectivity index (χ4n) is 4.85. The molecule has 0 bridgehead atoms. The Bertz CT molecular complexity index is 1190. The lowest BCUT2D eigenvalue weighted by atomic mass is 9.84. The number of esters is 2. The molecule has 184 valence electrons. The molecule has 35 heavy (non-hydrogen) atoms. The normalized spacial score (nSPS) is 21.3. The van der Waals surface area contributed by atoms with E-state index in [-0.39, 0.29) is 54.0 Å². The summed E-state index contributed by atoms with van der Waals surface area (Å²) in [6.45, 7) is 3.13. The molecule has 10 heteroatoms. The molecule has 2 aromatic rings. The number of carbonyl (C=O) groups is 4. The fraction of sp³-hybridized carbons (Fsp3) is 0.360. The van der Waals surface area contributed by atoms with Crippen molar-refractivity contribution in [3.63, 3.8) is 0 Å². The predicted octanol–water partition coefficient (Wildman–Crippen LogP) is 3.66. The highest BCUT2D eigenvalue weighted by Crippen LogP contribution is 2.46. The van der Waals surface area contributed by atoms with Gasteiger partial charge in [0.15, 0.2) is 11.8 Å². The number of rotatable bonds is 6. The number of hydrogen-bond donors (Lipinski definition) is 0. The number of ketones is 1. The third kappa shape index (κ3) is 4.04. The second kappa shape index (κ2) is 9.87. The van der Waals surface area contributed by atoms with Gasteiger partial charge in [-0.3, -0.25) is 9.59 Å². The van der Waals surface area contributed by atoms with Gasteiger partial charge in [0.25, 0.3) is 5.91 Å². The van der Waals surface area contributed by atoms with Crippen LogP contribution < -0.4 is 4.90 Å². The highest BCUT2D eigenvalue weighted by Gasteiger charge is 2.68. The van der Waals surface area contributed by atoms with Crippen molar-refractivity contribution in [2.75, 3.05) is 24.7 Å². The molecule has 8 nitrogen and oxygen atoms in total. The molecule has 0 aromatic heterocycles. The van der Waals surface area contributed by atoms with Gasteiger partial charge in [0.2, 0.25) is 5.54 Å². The standard InChI is InChI=1S/C25H24Cl2N2O6/c1-3-34-23(32)21-25(24(33)35-4-2)19(30)10-11-29(25)18-13-16(26)12-17(27)20(18)22(31)28(21)14-15-8-6-5-7-9-15/h5-9,12-13,21H,3-4,10-11,14H2,1-2H3. The van der Waals surface area contributed by atoms with Crippen molar-refractivity contribution >= 4 is 52.5 Å². The zero-order valence-electron chi connectivity index (χ0n) is 19.3. The Balaban J connectivity index is 2.06. The lowest BCUT2D eigenvalue weighted by Gasteiger charge is -2.42. The summed E-state index contributed by atoms with van der Waals surface area (Å²) in [5, 5.41) is 0.250. The Kier molecular flexibility index (Phi) is 7.05. The van der Waals surface area contributed by atoms with E-state index in [0.717, 1.165) is 0 Å². The Labute approximate surface area is 212 Å². The summed E-state index contributed by atoms with van der Waals surface area (Å²) in [5.74, 6) is -3.01. The van der Waals surface area contributed by atoms with Gasteiger partial charge in [-0.25, -0.2) is 9.59 Å². The number of ether oxygens (including phenoxy) is 2. The fourth-order valence-corrected chi connectivity index (χ4v) is 5.41. The molecule has 0 N–H and O–H groups in total. The smallest absolute Gasteiger partial charge is 0.342 e. The average Bonchev–Trinajstić information content (AvgIpc) is 3.12. The summed E-state index contributed by atoms with van der Waals surface area (Å²) < 4.78 is 10.7. The van der Waals surface area contributed by atoms with Gasteiger partial charge in [0.1, 0.15) is 0 Å². The van der Waals surface area contributed by atoms with E-state index in [2.05, 4.69) is 0 Å². The van der Waals surface area contributed by atoms with Crippen LogP contribution in [0.25, 0.3) is 0 Å². The minimum atomic E-state index is -2.16. The Morgan fingerprint density at radius 2 is 1.74 bits per heavy atom. The van der Waals surface area contributed by atoms with E-state index in [1.165, 1.54) is 21.9 Å². The van der Waals surface area contributed by atoms with Gasteiger partial charge < -0.3 is 19.3 Å². The van der Waals surface area contributed by atoms with Gasteiger partial charge in [0, 0.05) is 24.5 Å². The Hall–Kier alpha value is -3.10. The average molecular weight is 519 g/mol. The number of fused-ring (bicyclic) bond motifs is 3. The van der Waals surface area contributed by atoms with Crippen molar-refractivity contribution in [1.29, 1.82) is 0 Å². The molecule has 2 aliphatic heterocycles. The number of nitrogens with zero attached hydrogens (tertiary/aromatic N) is 2. The van der Waals surface area contributed by atoms with Crippen LogP contribution in [0.5, 0.6) is 0 Å². The molecular weight excluding hydrogens is 495 g/mol. The summed E-state index contributed by atoms with van der Waals surface area (Å²) >= 11 is 12.8. The van der Waals surface area contributed by atoms with Crippen molar-refractivity contribution in [2.24, 2.45) is 0 Å². The second-order valence-corrected chi connectivity index (χ2v) is 9.01. The van der Waals surface area contributed by atoms with E-state index >= 15 is 0 Å². The largest absolute Gasteiger partial charge is 0.464 e. The first-order valence-electron chi connectivity index (χ1n) is 11.3. The number of anilines is 1. The van der Waals surface area contributed by atoms with E-state index in [1.54, 1.807) is 38.1 Å². The maximum Gasteiger partial charge on any atom is 0.342 e. The van der Waals surface area contributed by atoms with E-state index in [9.17, 15) is 19.2 Å². The highest BCUT2D eigenvalue weighted by molar-refractivity contribution is 6.38. The highest BCUT2D eigenvalue weighted by atomic mass is 35.5. The van der Waals surface area contributed by atoms with Crippen LogP contribution in [0.4, 0.5) is 5.69 Å². The zero-order chi connectivity index (χ0) is 25.3. The number of benzene rings is 2. The molecule has 4 rings (SSSR count). The van der Waals surface area contributed by atoms with E-state index in [4.69, 9.17) is 32.7 Å². The van der Waals surface area contributed by atoms with Gasteiger partial charge >= 0.3 is 11.9 Å². The van der Waals surface area contributed by atoms with Crippen molar-refractivity contribution in [1.82, 2.24) is 4.90 Å². The SMILES string of the molecule is CCOC(=O)C1N(Cc2ccccc2)C(=O)c2c(Cl)cc(Cl)cc2N2CCC(=O)C12C(=O)OCC. The number of hydrogen-bond acceptors (Lipinski definition) is 7. The van der Waals surface area contributed by atoms with E-state index in [0.29, 0.717) is 5.56 Å². The minimum absolute atomic E-state index is 0.0185. The lowest BCUT2D eigenvalue weighted by molar-refractivity contribution is -0.165. The molecule has 1 saturated heterocycles. The molecule has 1 fully saturated rings. The maximum atomic E-state index is 14.1. The van der Waals surface area contributed by atoms with Gasteiger partial charge in [0.05, 0.1) is 29.5 Å². The van der Waals surface area contributed by atoms with Crippen molar-refractivity contribution in [3.05, 3.63) is 63.6 Å². The molecule has 2 atom stereocenters. The van der Waals surface area contributed by atoms with Crippen LogP contribution in [0.2, 0.25) is 10.0 Å². The summed E-state index contributed by atoms with van der Waals surface area (Å²) in [7, 11) is 0. The van der Waals surface area contributed by atoms with Crippen molar-refractivity contribution in [2.45, 2.75) is 38.4 Å². The van der Waals surface area contributed by atoms with Gasteiger partial charge in [-0.2, -0.15) is 0 Å². The van der Waals surface area contributed by atoms with Crippen LogP contribution in [0.1, 0.15) is 36.2 Å². The number of amides is 1. The molecule has 0 saturated carbocycles. The topological polar surface area (TPSA) is 93.2 Å². The first-order valence-corrected chi connectivity index (χ1v) is 12.0. The van der Waals surface area contributed by atoms with Crippen LogP contribution in [-0.4, -0.2) is 59.9 Å². The Morgan fingerprint density at radius 1 is 1.06 bits per heavy atom. The third-order valence-electron chi connectivity index (χ3n) is 6.21. The molecule has 2 aliphatic rings. The van der Waals surface area contributed by atoms with E-state index < -0.39 is 35.2 Å². The molecule has 1 amide bonds.